The van der Waals surface area contributed by atoms with Crippen molar-refractivity contribution in [2.45, 2.75) is 20.8 Å². The summed E-state index contributed by atoms with van der Waals surface area (Å²) in [7, 11) is 0. The Bertz CT molecular complexity index is 934. The number of amides is 1. The van der Waals surface area contributed by atoms with Gasteiger partial charge in [-0.2, -0.15) is 5.10 Å². The second kappa shape index (κ2) is 10.8. The first kappa shape index (κ1) is 22.6. The number of anilines is 1. The van der Waals surface area contributed by atoms with Gasteiger partial charge in [0.2, 0.25) is 0 Å². The van der Waals surface area contributed by atoms with Crippen LogP contribution in [0.25, 0.3) is 0 Å². The summed E-state index contributed by atoms with van der Waals surface area (Å²) >= 11 is 8.16. The van der Waals surface area contributed by atoms with Crippen molar-refractivity contribution in [3.8, 4) is 11.5 Å². The first-order valence-corrected chi connectivity index (χ1v) is 10.0. The Hall–Kier alpha value is -2.65. The number of hydrazone groups is 1. The molecule has 0 unspecified atom stereocenters. The van der Waals surface area contributed by atoms with Crippen molar-refractivity contribution in [3.05, 3.63) is 51.5 Å². The number of hydrogen-bond acceptors (Lipinski definition) is 5. The number of ether oxygens (including phenoxy) is 2. The standard InChI is InChI=1S/C20H23BrN4O3S/c1-4-27-18-9-14(10-23-25-20(22)29)5-6-17(18)28-11-19(26)24-16-8-13(3)12(2)7-15(16)21/h5-10H,4,11H2,1-3H3,(H,24,26)(H3,22,25,29)/b23-10-. The van der Waals surface area contributed by atoms with E-state index in [-0.39, 0.29) is 17.6 Å². The minimum atomic E-state index is -0.275. The van der Waals surface area contributed by atoms with Crippen LogP contribution in [-0.2, 0) is 4.79 Å². The summed E-state index contributed by atoms with van der Waals surface area (Å²) in [6.07, 6.45) is 1.55. The number of benzene rings is 2. The molecule has 29 heavy (non-hydrogen) atoms. The molecule has 0 heterocycles. The number of thiocarbonyl (C=S) groups is 1. The number of nitrogens with one attached hydrogen (secondary N) is 2. The molecule has 0 saturated carbocycles. The molecule has 0 aliphatic heterocycles. The lowest BCUT2D eigenvalue weighted by Crippen LogP contribution is -2.24. The number of halogens is 1. The summed E-state index contributed by atoms with van der Waals surface area (Å²) in [6, 6.07) is 9.12. The Labute approximate surface area is 183 Å². The van der Waals surface area contributed by atoms with Crippen LogP contribution >= 0.6 is 28.1 Å². The van der Waals surface area contributed by atoms with Gasteiger partial charge in [-0.25, -0.2) is 0 Å². The first-order valence-electron chi connectivity index (χ1n) is 8.85. The van der Waals surface area contributed by atoms with Gasteiger partial charge in [0.05, 0.1) is 18.5 Å². The zero-order valence-corrected chi connectivity index (χ0v) is 18.8. The van der Waals surface area contributed by atoms with Crippen LogP contribution in [-0.4, -0.2) is 30.4 Å². The van der Waals surface area contributed by atoms with E-state index in [0.29, 0.717) is 23.8 Å². The van der Waals surface area contributed by atoms with Gasteiger partial charge in [-0.1, -0.05) is 0 Å². The van der Waals surface area contributed by atoms with Gasteiger partial charge in [-0.05, 0) is 95.9 Å². The molecular weight excluding hydrogens is 456 g/mol. The highest BCUT2D eigenvalue weighted by atomic mass is 79.9. The average Bonchev–Trinajstić information content (AvgIpc) is 2.65. The summed E-state index contributed by atoms with van der Waals surface area (Å²) in [5, 5.41) is 6.83. The molecule has 0 aliphatic carbocycles. The van der Waals surface area contributed by atoms with Crippen molar-refractivity contribution in [3.63, 3.8) is 0 Å². The van der Waals surface area contributed by atoms with E-state index in [4.69, 9.17) is 27.4 Å². The zero-order chi connectivity index (χ0) is 21.4. The SMILES string of the molecule is CCOc1cc(/C=N\NC(N)=S)ccc1OCC(=O)Nc1cc(C)c(C)cc1Br. The molecule has 7 nitrogen and oxygen atoms in total. The molecule has 0 aromatic heterocycles. The number of nitrogens with two attached hydrogens (primary N) is 1. The van der Waals surface area contributed by atoms with Crippen molar-refractivity contribution in [2.24, 2.45) is 10.8 Å². The molecule has 0 bridgehead atoms. The zero-order valence-electron chi connectivity index (χ0n) is 16.4. The van der Waals surface area contributed by atoms with Crippen LogP contribution < -0.4 is 25.9 Å². The Morgan fingerprint density at radius 1 is 1.21 bits per heavy atom. The van der Waals surface area contributed by atoms with Gasteiger partial charge in [0, 0.05) is 4.47 Å². The summed E-state index contributed by atoms with van der Waals surface area (Å²) in [6.45, 7) is 6.16. The minimum absolute atomic E-state index is 0.0765. The van der Waals surface area contributed by atoms with E-state index < -0.39 is 0 Å². The summed E-state index contributed by atoms with van der Waals surface area (Å²) in [4.78, 5) is 12.3. The number of carbonyl (C=O) groups is 1. The maximum atomic E-state index is 12.3. The maximum absolute atomic E-state index is 12.3. The van der Waals surface area contributed by atoms with Gasteiger partial charge < -0.3 is 20.5 Å². The molecule has 0 fully saturated rings. The fraction of sp³-hybridized carbons (Fsp3) is 0.250. The van der Waals surface area contributed by atoms with E-state index >= 15 is 0 Å². The molecule has 154 valence electrons. The van der Waals surface area contributed by atoms with Crippen LogP contribution in [0.2, 0.25) is 0 Å². The molecule has 0 saturated heterocycles. The molecule has 9 heteroatoms. The first-order chi connectivity index (χ1) is 13.8. The van der Waals surface area contributed by atoms with Crippen LogP contribution in [0.5, 0.6) is 11.5 Å². The molecule has 2 aromatic carbocycles. The van der Waals surface area contributed by atoms with E-state index in [9.17, 15) is 4.79 Å². The predicted molar refractivity (Wildman–Crippen MR) is 123 cm³/mol. The molecule has 0 atom stereocenters. The van der Waals surface area contributed by atoms with E-state index in [2.05, 4.69) is 31.8 Å². The quantitative estimate of drug-likeness (QED) is 0.304. The number of rotatable bonds is 8. The maximum Gasteiger partial charge on any atom is 0.262 e. The molecule has 0 spiro atoms. The Balaban J connectivity index is 2.05. The second-order valence-electron chi connectivity index (χ2n) is 6.13. The van der Waals surface area contributed by atoms with Crippen molar-refractivity contribution in [1.29, 1.82) is 0 Å². The lowest BCUT2D eigenvalue weighted by Gasteiger charge is -2.14. The average molecular weight is 479 g/mol. The number of carbonyl (C=O) groups excluding carboxylic acids is 1. The largest absolute Gasteiger partial charge is 0.490 e. The topological polar surface area (TPSA) is 98.0 Å². The summed E-state index contributed by atoms with van der Waals surface area (Å²) < 4.78 is 12.1. The highest BCUT2D eigenvalue weighted by Gasteiger charge is 2.11. The van der Waals surface area contributed by atoms with Crippen LogP contribution in [0, 0.1) is 13.8 Å². The fourth-order valence-corrected chi connectivity index (χ4v) is 2.98. The number of aryl methyl sites for hydroxylation is 2. The molecule has 2 rings (SSSR count). The monoisotopic (exact) mass is 478 g/mol. The van der Waals surface area contributed by atoms with E-state index in [0.717, 1.165) is 21.2 Å². The van der Waals surface area contributed by atoms with Crippen molar-refractivity contribution in [2.75, 3.05) is 18.5 Å². The lowest BCUT2D eigenvalue weighted by atomic mass is 10.1. The molecule has 0 radical (unpaired) electrons. The molecular formula is C20H23BrN4O3S. The third-order valence-electron chi connectivity index (χ3n) is 3.87. The summed E-state index contributed by atoms with van der Waals surface area (Å²) in [5.41, 5.74) is 11.5. The highest BCUT2D eigenvalue weighted by molar-refractivity contribution is 9.10. The van der Waals surface area contributed by atoms with Crippen LogP contribution in [0.1, 0.15) is 23.6 Å². The van der Waals surface area contributed by atoms with Crippen molar-refractivity contribution >= 4 is 51.1 Å². The van der Waals surface area contributed by atoms with E-state index in [1.807, 2.05) is 32.9 Å². The Kier molecular flexibility index (Phi) is 8.41. The molecule has 1 amide bonds. The van der Waals surface area contributed by atoms with E-state index in [1.54, 1.807) is 24.4 Å². The molecule has 4 N–H and O–H groups in total. The highest BCUT2D eigenvalue weighted by Crippen LogP contribution is 2.29. The second-order valence-corrected chi connectivity index (χ2v) is 7.42. The lowest BCUT2D eigenvalue weighted by molar-refractivity contribution is -0.118. The normalized spacial score (nSPS) is 10.6. The van der Waals surface area contributed by atoms with Crippen LogP contribution in [0.3, 0.4) is 0 Å². The molecule has 2 aromatic rings. The van der Waals surface area contributed by atoms with Crippen LogP contribution in [0.15, 0.2) is 39.9 Å². The Morgan fingerprint density at radius 3 is 2.62 bits per heavy atom. The van der Waals surface area contributed by atoms with Gasteiger partial charge in [-0.3, -0.25) is 10.2 Å². The predicted octanol–water partition coefficient (Wildman–Crippen LogP) is 3.65. The van der Waals surface area contributed by atoms with Gasteiger partial charge >= 0.3 is 0 Å². The minimum Gasteiger partial charge on any atom is -0.490 e. The third kappa shape index (κ3) is 7.03. The van der Waals surface area contributed by atoms with Gasteiger partial charge in [0.15, 0.2) is 23.2 Å². The number of hydrogen-bond donors (Lipinski definition) is 3. The van der Waals surface area contributed by atoms with Gasteiger partial charge in [0.25, 0.3) is 5.91 Å². The molecule has 0 aliphatic rings. The fourth-order valence-electron chi connectivity index (χ4n) is 2.37. The smallest absolute Gasteiger partial charge is 0.262 e. The van der Waals surface area contributed by atoms with Crippen LogP contribution in [0.4, 0.5) is 5.69 Å². The summed E-state index contributed by atoms with van der Waals surface area (Å²) in [5.74, 6) is 0.690. The number of nitrogens with zero attached hydrogens (tertiary/aromatic N) is 1. The van der Waals surface area contributed by atoms with Gasteiger partial charge in [0.1, 0.15) is 0 Å². The van der Waals surface area contributed by atoms with Crippen molar-refractivity contribution < 1.29 is 14.3 Å². The third-order valence-corrected chi connectivity index (χ3v) is 4.62. The van der Waals surface area contributed by atoms with Gasteiger partial charge in [-0.15, -0.1) is 0 Å². The van der Waals surface area contributed by atoms with E-state index in [1.165, 1.54) is 0 Å². The Morgan fingerprint density at radius 2 is 1.93 bits per heavy atom. The van der Waals surface area contributed by atoms with Crippen molar-refractivity contribution in [1.82, 2.24) is 5.43 Å².